The highest BCUT2D eigenvalue weighted by Crippen LogP contribution is 2.33. The molecule has 0 radical (unpaired) electrons. The van der Waals surface area contributed by atoms with Gasteiger partial charge >= 0.3 is 0 Å². The number of rotatable bonds is 3. The highest BCUT2D eigenvalue weighted by atomic mass is 35.5. The predicted octanol–water partition coefficient (Wildman–Crippen LogP) is 2.59. The molecule has 1 aromatic carbocycles. The van der Waals surface area contributed by atoms with E-state index in [-0.39, 0.29) is 12.4 Å². The molecule has 0 amide bonds. The third-order valence-corrected chi connectivity index (χ3v) is 5.11. The summed E-state index contributed by atoms with van der Waals surface area (Å²) in [5, 5.41) is 3.72. The van der Waals surface area contributed by atoms with Gasteiger partial charge in [0, 0.05) is 24.7 Å². The lowest BCUT2D eigenvalue weighted by Gasteiger charge is -2.35. The first-order valence-electron chi connectivity index (χ1n) is 8.13. The van der Waals surface area contributed by atoms with Crippen LogP contribution in [0.5, 0.6) is 11.5 Å². The van der Waals surface area contributed by atoms with Crippen LogP contribution in [0.4, 0.5) is 0 Å². The molecule has 0 aliphatic carbocycles. The summed E-state index contributed by atoms with van der Waals surface area (Å²) in [4.78, 5) is 2.51. The van der Waals surface area contributed by atoms with Crippen LogP contribution < -0.4 is 14.8 Å². The van der Waals surface area contributed by atoms with Crippen molar-refractivity contribution in [3.8, 4) is 11.5 Å². The number of nitrogens with zero attached hydrogens (tertiary/aromatic N) is 1. The Balaban J connectivity index is 0.00000144. The van der Waals surface area contributed by atoms with Gasteiger partial charge in [0.05, 0.1) is 0 Å². The van der Waals surface area contributed by atoms with Crippen molar-refractivity contribution in [3.05, 3.63) is 23.8 Å². The van der Waals surface area contributed by atoms with Gasteiger partial charge in [-0.3, -0.25) is 4.90 Å². The van der Waals surface area contributed by atoms with Gasteiger partial charge in [-0.15, -0.1) is 12.4 Å². The summed E-state index contributed by atoms with van der Waals surface area (Å²) in [6.45, 7) is 2.30. The van der Waals surface area contributed by atoms with E-state index < -0.39 is 0 Å². The van der Waals surface area contributed by atoms with Crippen molar-refractivity contribution < 1.29 is 9.47 Å². The Hall–Kier alpha value is -0.970. The third-order valence-electron chi connectivity index (χ3n) is 5.11. The average molecular weight is 325 g/mol. The topological polar surface area (TPSA) is 33.7 Å². The van der Waals surface area contributed by atoms with Crippen molar-refractivity contribution in [1.29, 1.82) is 0 Å². The van der Waals surface area contributed by atoms with E-state index in [2.05, 4.69) is 29.4 Å². The fourth-order valence-electron chi connectivity index (χ4n) is 3.99. The molecule has 122 valence electrons. The van der Waals surface area contributed by atoms with Gasteiger partial charge in [0.2, 0.25) is 0 Å². The van der Waals surface area contributed by atoms with E-state index in [1.54, 1.807) is 0 Å². The minimum atomic E-state index is 0. The SMILES string of the molecule is CN(Cc1ccc2c(c1)OCCO2)C1CC2CCC(C1)N2.Cl. The van der Waals surface area contributed by atoms with Gasteiger partial charge in [0.25, 0.3) is 0 Å². The fourth-order valence-corrected chi connectivity index (χ4v) is 3.99. The zero-order valence-electron chi connectivity index (χ0n) is 13.1. The normalized spacial score (nSPS) is 29.3. The van der Waals surface area contributed by atoms with Crippen LogP contribution in [0, 0.1) is 0 Å². The Bertz CT molecular complexity index is 513. The third kappa shape index (κ3) is 3.19. The van der Waals surface area contributed by atoms with Crippen molar-refractivity contribution in [2.24, 2.45) is 0 Å². The molecule has 0 saturated carbocycles. The van der Waals surface area contributed by atoms with Crippen LogP contribution in [-0.4, -0.2) is 43.3 Å². The van der Waals surface area contributed by atoms with Gasteiger partial charge in [-0.2, -0.15) is 0 Å². The van der Waals surface area contributed by atoms with E-state index >= 15 is 0 Å². The van der Waals surface area contributed by atoms with Crippen molar-refractivity contribution in [3.63, 3.8) is 0 Å². The molecule has 0 spiro atoms. The standard InChI is InChI=1S/C17H24N2O2.ClH/c1-19(15-9-13-3-4-14(10-15)18-13)11-12-2-5-16-17(8-12)21-7-6-20-16;/h2,5,8,13-15,18H,3-4,6-7,9-11H2,1H3;1H. The lowest BCUT2D eigenvalue weighted by atomic mass is 9.98. The molecule has 2 fully saturated rings. The summed E-state index contributed by atoms with van der Waals surface area (Å²) in [5.41, 5.74) is 1.31. The summed E-state index contributed by atoms with van der Waals surface area (Å²) >= 11 is 0. The molecule has 4 rings (SSSR count). The van der Waals surface area contributed by atoms with Gasteiger partial charge in [0.15, 0.2) is 11.5 Å². The van der Waals surface area contributed by atoms with Crippen molar-refractivity contribution >= 4 is 12.4 Å². The number of hydrogen-bond acceptors (Lipinski definition) is 4. The van der Waals surface area contributed by atoms with Gasteiger partial charge in [0.1, 0.15) is 13.2 Å². The lowest BCUT2D eigenvalue weighted by molar-refractivity contribution is 0.162. The van der Waals surface area contributed by atoms with E-state index in [0.29, 0.717) is 19.3 Å². The van der Waals surface area contributed by atoms with Crippen molar-refractivity contribution in [2.75, 3.05) is 20.3 Å². The predicted molar refractivity (Wildman–Crippen MR) is 89.1 cm³/mol. The molecular formula is C17H25ClN2O2. The number of hydrogen-bond donors (Lipinski definition) is 1. The molecule has 2 bridgehead atoms. The maximum absolute atomic E-state index is 5.68. The molecule has 22 heavy (non-hydrogen) atoms. The second-order valence-electron chi connectivity index (χ2n) is 6.66. The van der Waals surface area contributed by atoms with Gasteiger partial charge in [-0.05, 0) is 50.4 Å². The van der Waals surface area contributed by atoms with Crippen LogP contribution in [0.25, 0.3) is 0 Å². The monoisotopic (exact) mass is 324 g/mol. The Morgan fingerprint density at radius 2 is 1.77 bits per heavy atom. The minimum Gasteiger partial charge on any atom is -0.486 e. The molecule has 3 aliphatic heterocycles. The Labute approximate surface area is 138 Å². The minimum absolute atomic E-state index is 0. The molecule has 5 heteroatoms. The van der Waals surface area contributed by atoms with Crippen LogP contribution in [0.2, 0.25) is 0 Å². The zero-order valence-corrected chi connectivity index (χ0v) is 13.9. The second-order valence-corrected chi connectivity index (χ2v) is 6.66. The first kappa shape index (κ1) is 15.9. The summed E-state index contributed by atoms with van der Waals surface area (Å²) in [6, 6.07) is 8.55. The number of piperidine rings is 1. The quantitative estimate of drug-likeness (QED) is 0.926. The van der Waals surface area contributed by atoms with E-state index in [9.17, 15) is 0 Å². The fraction of sp³-hybridized carbons (Fsp3) is 0.647. The van der Waals surface area contributed by atoms with Crippen LogP contribution in [-0.2, 0) is 6.54 Å². The molecule has 4 nitrogen and oxygen atoms in total. The van der Waals surface area contributed by atoms with Crippen LogP contribution in [0.1, 0.15) is 31.2 Å². The van der Waals surface area contributed by atoms with E-state index in [1.807, 2.05) is 6.07 Å². The molecule has 2 atom stereocenters. The molecular weight excluding hydrogens is 300 g/mol. The summed E-state index contributed by atoms with van der Waals surface area (Å²) in [6.07, 6.45) is 5.30. The number of nitrogens with one attached hydrogen (secondary N) is 1. The van der Waals surface area contributed by atoms with E-state index in [4.69, 9.17) is 9.47 Å². The summed E-state index contributed by atoms with van der Waals surface area (Å²) < 4.78 is 11.3. The van der Waals surface area contributed by atoms with Crippen molar-refractivity contribution in [2.45, 2.75) is 50.4 Å². The first-order chi connectivity index (χ1) is 10.3. The van der Waals surface area contributed by atoms with Gasteiger partial charge in [-0.25, -0.2) is 0 Å². The molecule has 3 aliphatic rings. The largest absolute Gasteiger partial charge is 0.486 e. The number of benzene rings is 1. The summed E-state index contributed by atoms with van der Waals surface area (Å²) in [7, 11) is 2.26. The van der Waals surface area contributed by atoms with Crippen LogP contribution in [0.3, 0.4) is 0 Å². The molecule has 3 heterocycles. The maximum Gasteiger partial charge on any atom is 0.161 e. The van der Waals surface area contributed by atoms with E-state index in [0.717, 1.165) is 30.1 Å². The Kier molecular flexibility index (Phi) is 4.81. The smallest absolute Gasteiger partial charge is 0.161 e. The van der Waals surface area contributed by atoms with Gasteiger partial charge in [-0.1, -0.05) is 6.07 Å². The van der Waals surface area contributed by atoms with Crippen LogP contribution in [0.15, 0.2) is 18.2 Å². The molecule has 1 aromatic rings. The van der Waals surface area contributed by atoms with Gasteiger partial charge < -0.3 is 14.8 Å². The molecule has 2 unspecified atom stereocenters. The molecule has 2 saturated heterocycles. The second kappa shape index (κ2) is 6.65. The van der Waals surface area contributed by atoms with Crippen molar-refractivity contribution in [1.82, 2.24) is 10.2 Å². The molecule has 0 aromatic heterocycles. The first-order valence-corrected chi connectivity index (χ1v) is 8.13. The Morgan fingerprint density at radius 3 is 2.50 bits per heavy atom. The lowest BCUT2D eigenvalue weighted by Crippen LogP contribution is -2.46. The Morgan fingerprint density at radius 1 is 1.09 bits per heavy atom. The maximum atomic E-state index is 5.68. The number of fused-ring (bicyclic) bond motifs is 3. The molecule has 1 N–H and O–H groups in total. The number of halogens is 1. The number of ether oxygens (including phenoxy) is 2. The van der Waals surface area contributed by atoms with E-state index in [1.165, 1.54) is 31.2 Å². The highest BCUT2D eigenvalue weighted by molar-refractivity contribution is 5.85. The highest BCUT2D eigenvalue weighted by Gasteiger charge is 2.34. The average Bonchev–Trinajstić information content (AvgIpc) is 2.85. The summed E-state index contributed by atoms with van der Waals surface area (Å²) in [5.74, 6) is 1.78. The zero-order chi connectivity index (χ0) is 14.2. The van der Waals surface area contributed by atoms with Crippen LogP contribution >= 0.6 is 12.4 Å².